The van der Waals surface area contributed by atoms with Crippen molar-refractivity contribution in [3.05, 3.63) is 53.1 Å². The van der Waals surface area contributed by atoms with Gasteiger partial charge in [-0.15, -0.1) is 0 Å². The average molecular weight is 258 g/mol. The van der Waals surface area contributed by atoms with Crippen LogP contribution in [-0.2, 0) is 6.42 Å². The quantitative estimate of drug-likeness (QED) is 0.830. The van der Waals surface area contributed by atoms with Gasteiger partial charge in [-0.25, -0.2) is 0 Å². The van der Waals surface area contributed by atoms with Crippen LogP contribution in [0.5, 0.6) is 5.75 Å². The molecule has 0 bridgehead atoms. The van der Waals surface area contributed by atoms with Gasteiger partial charge in [-0.2, -0.15) is 5.26 Å². The van der Waals surface area contributed by atoms with Crippen LogP contribution in [0.3, 0.4) is 0 Å². The number of benzene rings is 2. The zero-order valence-electron chi connectivity index (χ0n) is 9.98. The predicted molar refractivity (Wildman–Crippen MR) is 72.8 cm³/mol. The van der Waals surface area contributed by atoms with E-state index < -0.39 is 0 Å². The number of halogens is 1. The Morgan fingerprint density at radius 2 is 1.78 bits per heavy atom. The lowest BCUT2D eigenvalue weighted by atomic mass is 10.0. The molecule has 2 aromatic carbocycles. The first kappa shape index (κ1) is 12.5. The van der Waals surface area contributed by atoms with Crippen molar-refractivity contribution in [2.45, 2.75) is 6.42 Å². The summed E-state index contributed by atoms with van der Waals surface area (Å²) in [5.41, 5.74) is 3.02. The van der Waals surface area contributed by atoms with Crippen molar-refractivity contribution in [2.75, 3.05) is 7.11 Å². The largest absolute Gasteiger partial charge is 0.496 e. The molecular formula is C15H12ClNO. The Morgan fingerprint density at radius 3 is 2.39 bits per heavy atom. The summed E-state index contributed by atoms with van der Waals surface area (Å²) in [5, 5.41) is 9.53. The third-order valence-corrected chi connectivity index (χ3v) is 2.98. The molecule has 0 N–H and O–H groups in total. The maximum atomic E-state index is 8.81. The third kappa shape index (κ3) is 2.64. The number of hydrogen-bond acceptors (Lipinski definition) is 2. The molecule has 0 spiro atoms. The fourth-order valence-electron chi connectivity index (χ4n) is 1.82. The Bertz CT molecular complexity index is 584. The van der Waals surface area contributed by atoms with E-state index in [4.69, 9.17) is 21.6 Å². The molecule has 2 aromatic rings. The minimum absolute atomic E-state index is 0.338. The molecule has 0 saturated heterocycles. The van der Waals surface area contributed by atoms with E-state index in [9.17, 15) is 0 Å². The molecule has 0 heterocycles. The molecule has 0 unspecified atom stereocenters. The molecule has 18 heavy (non-hydrogen) atoms. The monoisotopic (exact) mass is 257 g/mol. The highest BCUT2D eigenvalue weighted by molar-refractivity contribution is 6.30. The molecule has 3 heteroatoms. The van der Waals surface area contributed by atoms with Gasteiger partial charge in [0.25, 0.3) is 0 Å². The van der Waals surface area contributed by atoms with Gasteiger partial charge in [-0.05, 0) is 35.4 Å². The fraction of sp³-hybridized carbons (Fsp3) is 0.133. The minimum atomic E-state index is 0.338. The van der Waals surface area contributed by atoms with Gasteiger partial charge in [0.15, 0.2) is 0 Å². The average Bonchev–Trinajstić information content (AvgIpc) is 2.40. The van der Waals surface area contributed by atoms with Crippen molar-refractivity contribution in [2.24, 2.45) is 0 Å². The highest BCUT2D eigenvalue weighted by Crippen LogP contribution is 2.27. The van der Waals surface area contributed by atoms with E-state index in [-0.39, 0.29) is 0 Å². The molecule has 0 aliphatic carbocycles. The summed E-state index contributed by atoms with van der Waals surface area (Å²) in [5.74, 6) is 0.745. The molecule has 2 nitrogen and oxygen atoms in total. The van der Waals surface area contributed by atoms with E-state index in [0.717, 1.165) is 22.4 Å². The molecule has 0 fully saturated rings. The smallest absolute Gasteiger partial charge is 0.123 e. The second-order valence-corrected chi connectivity index (χ2v) is 4.30. The van der Waals surface area contributed by atoms with Crippen LogP contribution in [0.4, 0.5) is 0 Å². The molecule has 0 aliphatic rings. The van der Waals surface area contributed by atoms with E-state index in [1.165, 1.54) is 0 Å². The molecule has 0 atom stereocenters. The van der Waals surface area contributed by atoms with Crippen molar-refractivity contribution in [3.8, 4) is 22.9 Å². The van der Waals surface area contributed by atoms with E-state index >= 15 is 0 Å². The van der Waals surface area contributed by atoms with Gasteiger partial charge >= 0.3 is 0 Å². The number of methoxy groups -OCH3 is 1. The van der Waals surface area contributed by atoms with Gasteiger partial charge in [-0.3, -0.25) is 0 Å². The summed E-state index contributed by atoms with van der Waals surface area (Å²) >= 11 is 5.86. The number of ether oxygens (including phenoxy) is 1. The lowest BCUT2D eigenvalue weighted by molar-refractivity contribution is 0.411. The fourth-order valence-corrected chi connectivity index (χ4v) is 1.95. The first-order chi connectivity index (χ1) is 8.74. The minimum Gasteiger partial charge on any atom is -0.496 e. The van der Waals surface area contributed by atoms with Crippen molar-refractivity contribution >= 4 is 11.6 Å². The van der Waals surface area contributed by atoms with Crippen LogP contribution in [0, 0.1) is 11.3 Å². The van der Waals surface area contributed by atoms with Crippen LogP contribution >= 0.6 is 11.6 Å². The van der Waals surface area contributed by atoms with Gasteiger partial charge in [-0.1, -0.05) is 29.8 Å². The number of rotatable bonds is 3. The molecule has 0 saturated carbocycles. The van der Waals surface area contributed by atoms with Crippen LogP contribution in [0.15, 0.2) is 42.5 Å². The molecule has 2 rings (SSSR count). The SMILES string of the molecule is COc1ccc(-c2ccc(Cl)cc2)cc1CC#N. The second-order valence-electron chi connectivity index (χ2n) is 3.87. The Balaban J connectivity index is 2.43. The van der Waals surface area contributed by atoms with Gasteiger partial charge < -0.3 is 4.74 Å². The standard InChI is InChI=1S/C15H12ClNO/c1-18-15-7-4-12(10-13(15)8-9-17)11-2-5-14(16)6-3-11/h2-7,10H,8H2,1H3. The summed E-state index contributed by atoms with van der Waals surface area (Å²) in [7, 11) is 1.61. The van der Waals surface area contributed by atoms with Crippen LogP contribution in [0.25, 0.3) is 11.1 Å². The Hall–Kier alpha value is -1.98. The van der Waals surface area contributed by atoms with E-state index in [1.807, 2.05) is 42.5 Å². The lowest BCUT2D eigenvalue weighted by Crippen LogP contribution is -1.91. The Kier molecular flexibility index (Phi) is 3.86. The number of nitriles is 1. The van der Waals surface area contributed by atoms with Gasteiger partial charge in [0.05, 0.1) is 19.6 Å². The van der Waals surface area contributed by atoms with Gasteiger partial charge in [0.2, 0.25) is 0 Å². The zero-order valence-corrected chi connectivity index (χ0v) is 10.7. The van der Waals surface area contributed by atoms with Crippen molar-refractivity contribution in [1.82, 2.24) is 0 Å². The molecular weight excluding hydrogens is 246 g/mol. The Morgan fingerprint density at radius 1 is 1.11 bits per heavy atom. The highest BCUT2D eigenvalue weighted by atomic mass is 35.5. The summed E-state index contributed by atoms with van der Waals surface area (Å²) in [6.07, 6.45) is 0.338. The summed E-state index contributed by atoms with van der Waals surface area (Å²) in [6, 6.07) is 15.6. The molecule has 0 aromatic heterocycles. The van der Waals surface area contributed by atoms with Gasteiger partial charge in [0, 0.05) is 10.6 Å². The first-order valence-electron chi connectivity index (χ1n) is 5.54. The third-order valence-electron chi connectivity index (χ3n) is 2.73. The van der Waals surface area contributed by atoms with Crippen LogP contribution in [-0.4, -0.2) is 7.11 Å². The summed E-state index contributed by atoms with van der Waals surface area (Å²) < 4.78 is 5.24. The van der Waals surface area contributed by atoms with Crippen LogP contribution in [0.2, 0.25) is 5.02 Å². The van der Waals surface area contributed by atoms with Gasteiger partial charge in [0.1, 0.15) is 5.75 Å². The van der Waals surface area contributed by atoms with Crippen molar-refractivity contribution in [1.29, 1.82) is 5.26 Å². The van der Waals surface area contributed by atoms with Crippen LogP contribution in [0.1, 0.15) is 5.56 Å². The maximum Gasteiger partial charge on any atom is 0.123 e. The number of nitrogens with zero attached hydrogens (tertiary/aromatic N) is 1. The van der Waals surface area contributed by atoms with Crippen molar-refractivity contribution in [3.63, 3.8) is 0 Å². The van der Waals surface area contributed by atoms with E-state index in [2.05, 4.69) is 6.07 Å². The molecule has 0 aliphatic heterocycles. The normalized spacial score (nSPS) is 9.83. The maximum absolute atomic E-state index is 8.81. The topological polar surface area (TPSA) is 33.0 Å². The highest BCUT2D eigenvalue weighted by Gasteiger charge is 2.05. The first-order valence-corrected chi connectivity index (χ1v) is 5.92. The van der Waals surface area contributed by atoms with Crippen LogP contribution < -0.4 is 4.74 Å². The Labute approximate surface area is 111 Å². The zero-order chi connectivity index (χ0) is 13.0. The summed E-state index contributed by atoms with van der Waals surface area (Å²) in [4.78, 5) is 0. The van der Waals surface area contributed by atoms with Crippen molar-refractivity contribution < 1.29 is 4.74 Å². The second kappa shape index (κ2) is 5.57. The molecule has 0 amide bonds. The number of hydrogen-bond donors (Lipinski definition) is 0. The molecule has 90 valence electrons. The molecule has 0 radical (unpaired) electrons. The summed E-state index contributed by atoms with van der Waals surface area (Å²) in [6.45, 7) is 0. The van der Waals surface area contributed by atoms with E-state index in [0.29, 0.717) is 11.4 Å². The lowest BCUT2D eigenvalue weighted by Gasteiger charge is -2.08. The predicted octanol–water partition coefficient (Wildman–Crippen LogP) is 4.08. The van der Waals surface area contributed by atoms with E-state index in [1.54, 1.807) is 7.11 Å².